The number of rotatable bonds is 6. The quantitative estimate of drug-likeness (QED) is 0.819. The lowest BCUT2D eigenvalue weighted by molar-refractivity contribution is -0.136. The van der Waals surface area contributed by atoms with Crippen molar-refractivity contribution in [2.24, 2.45) is 5.92 Å². The van der Waals surface area contributed by atoms with Crippen molar-refractivity contribution in [3.8, 4) is 5.75 Å². The maximum Gasteiger partial charge on any atom is 0.228 e. The average Bonchev–Trinajstić information content (AvgIpc) is 3.16. The van der Waals surface area contributed by atoms with Gasteiger partial charge in [-0.25, -0.2) is 0 Å². The summed E-state index contributed by atoms with van der Waals surface area (Å²) in [6.45, 7) is 2.20. The molecule has 1 saturated heterocycles. The third-order valence-electron chi connectivity index (χ3n) is 4.24. The fourth-order valence-electron chi connectivity index (χ4n) is 2.95. The van der Waals surface area contributed by atoms with E-state index in [0.717, 1.165) is 23.3 Å². The lowest BCUT2D eigenvalue weighted by atomic mass is 10.1. The van der Waals surface area contributed by atoms with Crippen molar-refractivity contribution in [1.82, 2.24) is 9.88 Å². The number of aromatic nitrogens is 1. The Kier molecular flexibility index (Phi) is 5.43. The van der Waals surface area contributed by atoms with E-state index in [-0.39, 0.29) is 11.8 Å². The van der Waals surface area contributed by atoms with Gasteiger partial charge >= 0.3 is 0 Å². The molecule has 1 atom stereocenters. The number of pyridine rings is 1. The summed E-state index contributed by atoms with van der Waals surface area (Å²) in [4.78, 5) is 19.0. The summed E-state index contributed by atoms with van der Waals surface area (Å²) in [6, 6.07) is 11.7. The normalized spacial score (nSPS) is 16.8. The third-order valence-corrected chi connectivity index (χ3v) is 4.24. The topological polar surface area (TPSA) is 51.7 Å². The first-order chi connectivity index (χ1) is 11.8. The molecule has 1 aliphatic heterocycles. The Balaban J connectivity index is 1.82. The first-order valence-corrected chi connectivity index (χ1v) is 8.15. The fraction of sp³-hybridized carbons (Fsp3) is 0.368. The Morgan fingerprint density at radius 1 is 1.29 bits per heavy atom. The summed E-state index contributed by atoms with van der Waals surface area (Å²) in [7, 11) is 1.65. The maximum absolute atomic E-state index is 12.9. The third kappa shape index (κ3) is 3.92. The van der Waals surface area contributed by atoms with Crippen LogP contribution in [0.3, 0.4) is 0 Å². The van der Waals surface area contributed by atoms with Gasteiger partial charge in [-0.05, 0) is 24.1 Å². The second-order valence-electron chi connectivity index (χ2n) is 5.93. The minimum absolute atomic E-state index is 0.0589. The van der Waals surface area contributed by atoms with Crippen LogP contribution in [0.25, 0.3) is 0 Å². The standard InChI is InChI=1S/C19H22N2O3/c1-23-18-7-3-2-6-16(18)13-21(12-15-5-4-9-20-11-15)19(22)17-8-10-24-14-17/h2-7,9,11,17H,8,10,12-14H2,1H3. The van der Waals surface area contributed by atoms with E-state index in [4.69, 9.17) is 9.47 Å². The van der Waals surface area contributed by atoms with Gasteiger partial charge in [0.1, 0.15) is 5.75 Å². The Hall–Kier alpha value is -2.40. The Morgan fingerprint density at radius 2 is 2.17 bits per heavy atom. The molecule has 1 aromatic carbocycles. The van der Waals surface area contributed by atoms with Crippen molar-refractivity contribution in [2.75, 3.05) is 20.3 Å². The van der Waals surface area contributed by atoms with Gasteiger partial charge in [-0.1, -0.05) is 24.3 Å². The maximum atomic E-state index is 12.9. The molecular formula is C19H22N2O3. The van der Waals surface area contributed by atoms with Gasteiger partial charge in [0.25, 0.3) is 0 Å². The average molecular weight is 326 g/mol. The lowest BCUT2D eigenvalue weighted by Gasteiger charge is -2.26. The summed E-state index contributed by atoms with van der Waals surface area (Å²) >= 11 is 0. The van der Waals surface area contributed by atoms with E-state index in [1.54, 1.807) is 19.5 Å². The number of amides is 1. The number of ether oxygens (including phenoxy) is 2. The van der Waals surface area contributed by atoms with Crippen LogP contribution in [0, 0.1) is 5.92 Å². The second kappa shape index (κ2) is 7.93. The zero-order valence-electron chi connectivity index (χ0n) is 13.9. The van der Waals surface area contributed by atoms with E-state index >= 15 is 0 Å². The van der Waals surface area contributed by atoms with Crippen molar-refractivity contribution in [1.29, 1.82) is 0 Å². The van der Waals surface area contributed by atoms with Gasteiger partial charge in [0.15, 0.2) is 0 Å². The molecule has 126 valence electrons. The number of carbonyl (C=O) groups excluding carboxylic acids is 1. The molecule has 2 heterocycles. The van der Waals surface area contributed by atoms with Gasteiger partial charge in [-0.15, -0.1) is 0 Å². The van der Waals surface area contributed by atoms with Crippen molar-refractivity contribution in [3.63, 3.8) is 0 Å². The van der Waals surface area contributed by atoms with E-state index in [0.29, 0.717) is 26.3 Å². The molecule has 1 aliphatic rings. The molecule has 0 bridgehead atoms. The van der Waals surface area contributed by atoms with Crippen molar-refractivity contribution < 1.29 is 14.3 Å². The van der Waals surface area contributed by atoms with E-state index < -0.39 is 0 Å². The molecule has 0 aliphatic carbocycles. The van der Waals surface area contributed by atoms with Crippen LogP contribution in [0.4, 0.5) is 0 Å². The lowest BCUT2D eigenvalue weighted by Crippen LogP contribution is -2.35. The molecule has 0 N–H and O–H groups in total. The zero-order valence-corrected chi connectivity index (χ0v) is 13.9. The molecule has 5 heteroatoms. The van der Waals surface area contributed by atoms with Crippen LogP contribution < -0.4 is 4.74 Å². The van der Waals surface area contributed by atoms with Gasteiger partial charge in [0.2, 0.25) is 5.91 Å². The smallest absolute Gasteiger partial charge is 0.228 e. The first kappa shape index (κ1) is 16.5. The molecule has 0 radical (unpaired) electrons. The number of benzene rings is 1. The number of hydrogen-bond acceptors (Lipinski definition) is 4. The molecule has 5 nitrogen and oxygen atoms in total. The SMILES string of the molecule is COc1ccccc1CN(Cc1cccnc1)C(=O)C1CCOC1. The molecule has 1 aromatic heterocycles. The molecule has 0 spiro atoms. The highest BCUT2D eigenvalue weighted by atomic mass is 16.5. The Bertz CT molecular complexity index is 669. The van der Waals surface area contributed by atoms with Gasteiger partial charge in [0.05, 0.1) is 19.6 Å². The Morgan fingerprint density at radius 3 is 2.88 bits per heavy atom. The van der Waals surface area contributed by atoms with Crippen LogP contribution in [-0.2, 0) is 22.6 Å². The molecule has 1 amide bonds. The van der Waals surface area contributed by atoms with E-state index in [1.807, 2.05) is 41.3 Å². The fourth-order valence-corrected chi connectivity index (χ4v) is 2.95. The summed E-state index contributed by atoms with van der Waals surface area (Å²) < 4.78 is 10.8. The van der Waals surface area contributed by atoms with Crippen molar-refractivity contribution in [3.05, 3.63) is 59.9 Å². The molecule has 2 aromatic rings. The van der Waals surface area contributed by atoms with Crippen LogP contribution in [0.15, 0.2) is 48.8 Å². The predicted octanol–water partition coefficient (Wildman–Crippen LogP) is 2.66. The highest BCUT2D eigenvalue weighted by Gasteiger charge is 2.28. The minimum atomic E-state index is -0.0589. The molecule has 24 heavy (non-hydrogen) atoms. The Labute approximate surface area is 142 Å². The van der Waals surface area contributed by atoms with Crippen molar-refractivity contribution in [2.45, 2.75) is 19.5 Å². The number of para-hydroxylation sites is 1. The zero-order chi connectivity index (χ0) is 16.8. The summed E-state index contributed by atoms with van der Waals surface area (Å²) in [5.41, 5.74) is 2.01. The summed E-state index contributed by atoms with van der Waals surface area (Å²) in [5, 5.41) is 0. The van der Waals surface area contributed by atoms with Crippen LogP contribution in [0.1, 0.15) is 17.5 Å². The molecule has 0 saturated carbocycles. The van der Waals surface area contributed by atoms with E-state index in [9.17, 15) is 4.79 Å². The number of nitrogens with zero attached hydrogens (tertiary/aromatic N) is 2. The molecule has 3 rings (SSSR count). The number of methoxy groups -OCH3 is 1. The summed E-state index contributed by atoms with van der Waals surface area (Å²) in [6.07, 6.45) is 4.32. The molecule has 1 unspecified atom stereocenters. The highest BCUT2D eigenvalue weighted by molar-refractivity contribution is 5.79. The molecular weight excluding hydrogens is 304 g/mol. The molecule has 1 fully saturated rings. The van der Waals surface area contributed by atoms with Crippen LogP contribution in [0.2, 0.25) is 0 Å². The predicted molar refractivity (Wildman–Crippen MR) is 90.4 cm³/mol. The van der Waals surface area contributed by atoms with E-state index in [1.165, 1.54) is 0 Å². The highest BCUT2D eigenvalue weighted by Crippen LogP contribution is 2.23. The number of hydrogen-bond donors (Lipinski definition) is 0. The van der Waals surface area contributed by atoms with Crippen molar-refractivity contribution >= 4 is 5.91 Å². The second-order valence-corrected chi connectivity index (χ2v) is 5.93. The van der Waals surface area contributed by atoms with Gasteiger partial charge < -0.3 is 14.4 Å². The van der Waals surface area contributed by atoms with Crippen LogP contribution >= 0.6 is 0 Å². The summed E-state index contributed by atoms with van der Waals surface area (Å²) in [5.74, 6) is 0.864. The monoisotopic (exact) mass is 326 g/mol. The number of carbonyl (C=O) groups is 1. The largest absolute Gasteiger partial charge is 0.496 e. The van der Waals surface area contributed by atoms with Gasteiger partial charge in [-0.3, -0.25) is 9.78 Å². The first-order valence-electron chi connectivity index (χ1n) is 8.15. The van der Waals surface area contributed by atoms with E-state index in [2.05, 4.69) is 4.98 Å². The van der Waals surface area contributed by atoms with Crippen LogP contribution in [-0.4, -0.2) is 36.1 Å². The van der Waals surface area contributed by atoms with Gasteiger partial charge in [0, 0.05) is 37.7 Å². The van der Waals surface area contributed by atoms with Gasteiger partial charge in [-0.2, -0.15) is 0 Å². The minimum Gasteiger partial charge on any atom is -0.496 e. The van der Waals surface area contributed by atoms with Crippen LogP contribution in [0.5, 0.6) is 5.75 Å².